The van der Waals surface area contributed by atoms with Crippen LogP contribution in [0.15, 0.2) is 15.9 Å². The van der Waals surface area contributed by atoms with Crippen LogP contribution in [0, 0.1) is 12.3 Å². The van der Waals surface area contributed by atoms with Gasteiger partial charge < -0.3 is 10.2 Å². The van der Waals surface area contributed by atoms with E-state index in [2.05, 4.69) is 18.8 Å². The molecule has 15 heavy (non-hydrogen) atoms. The zero-order valence-electron chi connectivity index (χ0n) is 9.49. The average Bonchev–Trinajstić information content (AvgIpc) is 2.66. The molecule has 0 aliphatic heterocycles. The lowest BCUT2D eigenvalue weighted by atomic mass is 9.88. The van der Waals surface area contributed by atoms with Crippen LogP contribution in [-0.2, 0) is 0 Å². The summed E-state index contributed by atoms with van der Waals surface area (Å²) in [5.41, 5.74) is 7.40. The van der Waals surface area contributed by atoms with Crippen molar-refractivity contribution in [3.8, 4) is 0 Å². The Kier molecular flexibility index (Phi) is 2.81. The van der Waals surface area contributed by atoms with Gasteiger partial charge in [0.05, 0.1) is 5.69 Å². The standard InChI is InChI=1S/C11H18N2OS/c1-7-6-14-10(13-7)15-8-4-5-11(2,3)9(8)12/h6,8-9H,4-5,12H2,1-3H3. The van der Waals surface area contributed by atoms with Crippen LogP contribution < -0.4 is 5.73 Å². The van der Waals surface area contributed by atoms with Crippen molar-refractivity contribution in [2.24, 2.45) is 11.1 Å². The quantitative estimate of drug-likeness (QED) is 0.842. The van der Waals surface area contributed by atoms with E-state index in [9.17, 15) is 0 Å². The van der Waals surface area contributed by atoms with E-state index >= 15 is 0 Å². The molecule has 0 amide bonds. The number of thioether (sulfide) groups is 1. The molecule has 4 heteroatoms. The Labute approximate surface area is 94.8 Å². The fourth-order valence-corrected chi connectivity index (χ4v) is 3.32. The monoisotopic (exact) mass is 226 g/mol. The zero-order chi connectivity index (χ0) is 11.1. The maximum Gasteiger partial charge on any atom is 0.256 e. The van der Waals surface area contributed by atoms with Crippen LogP contribution >= 0.6 is 11.8 Å². The maximum absolute atomic E-state index is 6.22. The summed E-state index contributed by atoms with van der Waals surface area (Å²) in [5, 5.41) is 1.20. The molecule has 1 aliphatic carbocycles. The van der Waals surface area contributed by atoms with Crippen molar-refractivity contribution in [1.29, 1.82) is 0 Å². The van der Waals surface area contributed by atoms with E-state index in [1.165, 1.54) is 6.42 Å². The highest BCUT2D eigenvalue weighted by Crippen LogP contribution is 2.43. The molecule has 0 bridgehead atoms. The Hall–Kier alpha value is -0.480. The first-order valence-corrected chi connectivity index (χ1v) is 6.21. The zero-order valence-corrected chi connectivity index (χ0v) is 10.3. The maximum atomic E-state index is 6.22. The highest BCUT2D eigenvalue weighted by molar-refractivity contribution is 7.99. The minimum Gasteiger partial charge on any atom is -0.440 e. The lowest BCUT2D eigenvalue weighted by Crippen LogP contribution is -2.38. The molecule has 3 nitrogen and oxygen atoms in total. The van der Waals surface area contributed by atoms with Crippen LogP contribution in [0.3, 0.4) is 0 Å². The van der Waals surface area contributed by atoms with Gasteiger partial charge >= 0.3 is 0 Å². The lowest BCUT2D eigenvalue weighted by molar-refractivity contribution is 0.334. The van der Waals surface area contributed by atoms with E-state index in [-0.39, 0.29) is 11.5 Å². The highest BCUT2D eigenvalue weighted by Gasteiger charge is 2.40. The summed E-state index contributed by atoms with van der Waals surface area (Å²) in [4.78, 5) is 4.30. The van der Waals surface area contributed by atoms with E-state index in [1.807, 2.05) is 6.92 Å². The van der Waals surface area contributed by atoms with E-state index in [4.69, 9.17) is 10.2 Å². The van der Waals surface area contributed by atoms with Gasteiger partial charge in [0.15, 0.2) is 0 Å². The second-order valence-electron chi connectivity index (χ2n) is 4.96. The normalized spacial score (nSPS) is 29.6. The molecule has 1 aromatic rings. The number of nitrogens with two attached hydrogens (primary N) is 1. The van der Waals surface area contributed by atoms with Crippen LogP contribution in [0.1, 0.15) is 32.4 Å². The summed E-state index contributed by atoms with van der Waals surface area (Å²) in [5.74, 6) is 0. The summed E-state index contributed by atoms with van der Waals surface area (Å²) in [6.07, 6.45) is 4.03. The Morgan fingerprint density at radius 2 is 2.33 bits per heavy atom. The van der Waals surface area contributed by atoms with E-state index in [0.29, 0.717) is 5.25 Å². The molecule has 1 aromatic heterocycles. The van der Waals surface area contributed by atoms with Crippen LogP contribution in [0.5, 0.6) is 0 Å². The summed E-state index contributed by atoms with van der Waals surface area (Å²) < 4.78 is 5.34. The Morgan fingerprint density at radius 1 is 1.60 bits per heavy atom. The van der Waals surface area contributed by atoms with Crippen molar-refractivity contribution < 1.29 is 4.42 Å². The molecule has 1 saturated carbocycles. The van der Waals surface area contributed by atoms with Gasteiger partial charge in [0.2, 0.25) is 0 Å². The van der Waals surface area contributed by atoms with Gasteiger partial charge in [0, 0.05) is 11.3 Å². The summed E-state index contributed by atoms with van der Waals surface area (Å²) in [7, 11) is 0. The number of hydrogen-bond donors (Lipinski definition) is 1. The number of rotatable bonds is 2. The Morgan fingerprint density at radius 3 is 2.80 bits per heavy atom. The van der Waals surface area contributed by atoms with Crippen LogP contribution in [0.2, 0.25) is 0 Å². The van der Waals surface area contributed by atoms with Gasteiger partial charge in [-0.25, -0.2) is 4.98 Å². The van der Waals surface area contributed by atoms with Gasteiger partial charge in [0.1, 0.15) is 6.26 Å². The Bertz CT molecular complexity index is 348. The van der Waals surface area contributed by atoms with Crippen molar-refractivity contribution in [2.75, 3.05) is 0 Å². The van der Waals surface area contributed by atoms with E-state index in [0.717, 1.165) is 17.3 Å². The van der Waals surface area contributed by atoms with Crippen LogP contribution in [0.4, 0.5) is 0 Å². The van der Waals surface area contributed by atoms with Crippen molar-refractivity contribution in [2.45, 2.75) is 50.1 Å². The molecule has 2 rings (SSSR count). The number of aromatic nitrogens is 1. The molecule has 0 saturated heterocycles. The average molecular weight is 226 g/mol. The Balaban J connectivity index is 2.02. The molecule has 2 atom stereocenters. The van der Waals surface area contributed by atoms with Gasteiger partial charge in [-0.1, -0.05) is 25.6 Å². The molecule has 2 N–H and O–H groups in total. The number of nitrogens with zero attached hydrogens (tertiary/aromatic N) is 1. The second-order valence-corrected chi connectivity index (χ2v) is 6.15. The first-order valence-electron chi connectivity index (χ1n) is 5.33. The molecule has 2 unspecified atom stereocenters. The van der Waals surface area contributed by atoms with Gasteiger partial charge in [-0.05, 0) is 25.2 Å². The third-order valence-electron chi connectivity index (χ3n) is 3.23. The topological polar surface area (TPSA) is 52.0 Å². The molecular formula is C11H18N2OS. The van der Waals surface area contributed by atoms with Gasteiger partial charge in [-0.15, -0.1) is 0 Å². The van der Waals surface area contributed by atoms with E-state index in [1.54, 1.807) is 18.0 Å². The predicted molar refractivity (Wildman–Crippen MR) is 61.9 cm³/mol. The van der Waals surface area contributed by atoms with E-state index < -0.39 is 0 Å². The van der Waals surface area contributed by atoms with Gasteiger partial charge in [-0.2, -0.15) is 0 Å². The molecule has 0 spiro atoms. The molecule has 0 aromatic carbocycles. The first-order chi connectivity index (χ1) is 6.99. The smallest absolute Gasteiger partial charge is 0.256 e. The molecule has 0 radical (unpaired) electrons. The second kappa shape index (κ2) is 3.83. The third kappa shape index (κ3) is 2.21. The summed E-state index contributed by atoms with van der Waals surface area (Å²) in [6, 6.07) is 0.231. The molecule has 1 aliphatic rings. The predicted octanol–water partition coefficient (Wildman–Crippen LogP) is 2.59. The van der Waals surface area contributed by atoms with Crippen molar-refractivity contribution in [3.05, 3.63) is 12.0 Å². The molecule has 1 fully saturated rings. The fourth-order valence-electron chi connectivity index (χ4n) is 2.01. The summed E-state index contributed by atoms with van der Waals surface area (Å²) in [6.45, 7) is 6.41. The summed E-state index contributed by atoms with van der Waals surface area (Å²) >= 11 is 1.68. The van der Waals surface area contributed by atoms with Gasteiger partial charge in [-0.3, -0.25) is 0 Å². The number of aryl methyl sites for hydroxylation is 1. The minimum absolute atomic E-state index is 0.231. The van der Waals surface area contributed by atoms with Crippen LogP contribution in [0.25, 0.3) is 0 Å². The SMILES string of the molecule is Cc1coc(SC2CCC(C)(C)C2N)n1. The number of hydrogen-bond acceptors (Lipinski definition) is 4. The highest BCUT2D eigenvalue weighted by atomic mass is 32.2. The van der Waals surface area contributed by atoms with Crippen molar-refractivity contribution in [3.63, 3.8) is 0 Å². The van der Waals surface area contributed by atoms with Gasteiger partial charge in [0.25, 0.3) is 5.22 Å². The van der Waals surface area contributed by atoms with Crippen LogP contribution in [-0.4, -0.2) is 16.3 Å². The third-order valence-corrected chi connectivity index (χ3v) is 4.45. The fraction of sp³-hybridized carbons (Fsp3) is 0.727. The van der Waals surface area contributed by atoms with Crippen molar-refractivity contribution >= 4 is 11.8 Å². The largest absolute Gasteiger partial charge is 0.440 e. The molecule has 1 heterocycles. The first kappa shape index (κ1) is 11.0. The lowest BCUT2D eigenvalue weighted by Gasteiger charge is -2.25. The molecular weight excluding hydrogens is 208 g/mol. The minimum atomic E-state index is 0.231. The molecule has 84 valence electrons. The number of oxazole rings is 1. The van der Waals surface area contributed by atoms with Crippen molar-refractivity contribution in [1.82, 2.24) is 4.98 Å².